The van der Waals surface area contributed by atoms with Crippen LogP contribution in [0.25, 0.3) is 0 Å². The maximum absolute atomic E-state index is 12.4. The molecule has 1 amide bonds. The van der Waals surface area contributed by atoms with Crippen molar-refractivity contribution in [2.45, 2.75) is 70.2 Å². The zero-order valence-electron chi connectivity index (χ0n) is 13.3. The Hall–Kier alpha value is -1.30. The van der Waals surface area contributed by atoms with Crippen LogP contribution in [0.2, 0.25) is 0 Å². The third kappa shape index (κ3) is 4.09. The molecule has 0 spiro atoms. The number of ether oxygens (including phenoxy) is 2. The average molecular weight is 298 g/mol. The number of fused-ring (bicyclic) bond motifs is 2. The van der Waals surface area contributed by atoms with Crippen molar-refractivity contribution in [1.82, 2.24) is 10.2 Å². The van der Waals surface area contributed by atoms with E-state index in [4.69, 9.17) is 9.47 Å². The van der Waals surface area contributed by atoms with E-state index in [0.717, 1.165) is 25.7 Å². The van der Waals surface area contributed by atoms with E-state index in [0.29, 0.717) is 6.54 Å². The fourth-order valence-corrected chi connectivity index (χ4v) is 3.11. The Bertz CT molecular complexity index is 405. The van der Waals surface area contributed by atoms with Gasteiger partial charge in [-0.25, -0.2) is 4.79 Å². The van der Waals surface area contributed by atoms with Gasteiger partial charge in [-0.3, -0.25) is 4.79 Å². The highest BCUT2D eigenvalue weighted by Gasteiger charge is 2.39. The average Bonchev–Trinajstić information content (AvgIpc) is 2.52. The van der Waals surface area contributed by atoms with Crippen LogP contribution in [-0.4, -0.2) is 54.3 Å². The van der Waals surface area contributed by atoms with Crippen LogP contribution in [0.4, 0.5) is 4.79 Å². The van der Waals surface area contributed by atoms with Gasteiger partial charge in [0.25, 0.3) is 0 Å². The summed E-state index contributed by atoms with van der Waals surface area (Å²) in [6.45, 7) is 5.86. The highest BCUT2D eigenvalue weighted by molar-refractivity contribution is 5.77. The molecular formula is C15H26N2O4. The van der Waals surface area contributed by atoms with Gasteiger partial charge in [-0.05, 0) is 46.5 Å². The molecule has 1 aliphatic carbocycles. The van der Waals surface area contributed by atoms with E-state index >= 15 is 0 Å². The minimum absolute atomic E-state index is 0.140. The Morgan fingerprint density at radius 1 is 1.24 bits per heavy atom. The summed E-state index contributed by atoms with van der Waals surface area (Å²) < 4.78 is 10.3. The van der Waals surface area contributed by atoms with Crippen LogP contribution < -0.4 is 5.32 Å². The van der Waals surface area contributed by atoms with Crippen LogP contribution in [0.15, 0.2) is 0 Å². The van der Waals surface area contributed by atoms with Crippen molar-refractivity contribution in [1.29, 1.82) is 0 Å². The molecule has 0 aromatic carbocycles. The fraction of sp³-hybridized carbons (Fsp3) is 0.867. The molecule has 0 aromatic heterocycles. The van der Waals surface area contributed by atoms with Gasteiger partial charge in [0.15, 0.2) is 0 Å². The zero-order chi connectivity index (χ0) is 15.6. The minimum Gasteiger partial charge on any atom is -0.468 e. The van der Waals surface area contributed by atoms with E-state index in [1.165, 1.54) is 7.11 Å². The molecule has 6 nitrogen and oxygen atoms in total. The number of nitrogens with one attached hydrogen (secondary N) is 1. The molecule has 3 atom stereocenters. The summed E-state index contributed by atoms with van der Waals surface area (Å²) in [6, 6.07) is -0.0725. The smallest absolute Gasteiger partial charge is 0.410 e. The normalized spacial score (nSPS) is 29.5. The third-order valence-corrected chi connectivity index (χ3v) is 4.02. The summed E-state index contributed by atoms with van der Waals surface area (Å²) in [4.78, 5) is 26.1. The maximum atomic E-state index is 12.4. The highest BCUT2D eigenvalue weighted by Crippen LogP contribution is 2.28. The Kier molecular flexibility index (Phi) is 4.76. The number of amides is 1. The summed E-state index contributed by atoms with van der Waals surface area (Å²) in [5.41, 5.74) is -0.536. The quantitative estimate of drug-likeness (QED) is 0.746. The van der Waals surface area contributed by atoms with Crippen LogP contribution >= 0.6 is 0 Å². The van der Waals surface area contributed by atoms with E-state index in [-0.39, 0.29) is 24.1 Å². The van der Waals surface area contributed by atoms with Crippen LogP contribution in [-0.2, 0) is 14.3 Å². The molecule has 1 aliphatic heterocycles. The number of hydrogen-bond acceptors (Lipinski definition) is 5. The second-order valence-electron chi connectivity index (χ2n) is 6.89. The van der Waals surface area contributed by atoms with E-state index < -0.39 is 11.6 Å². The van der Waals surface area contributed by atoms with Gasteiger partial charge in [-0.1, -0.05) is 0 Å². The number of rotatable bonds is 1. The lowest BCUT2D eigenvalue weighted by Gasteiger charge is -2.35. The van der Waals surface area contributed by atoms with E-state index in [2.05, 4.69) is 5.32 Å². The van der Waals surface area contributed by atoms with E-state index in [1.54, 1.807) is 4.90 Å². The molecule has 2 fully saturated rings. The van der Waals surface area contributed by atoms with Gasteiger partial charge in [-0.2, -0.15) is 0 Å². The Morgan fingerprint density at radius 3 is 2.57 bits per heavy atom. The molecule has 2 rings (SSSR count). The van der Waals surface area contributed by atoms with E-state index in [1.807, 2.05) is 20.8 Å². The molecule has 2 aliphatic rings. The highest BCUT2D eigenvalue weighted by atomic mass is 16.6. The Balaban J connectivity index is 2.16. The zero-order valence-corrected chi connectivity index (χ0v) is 13.3. The summed E-state index contributed by atoms with van der Waals surface area (Å²) in [7, 11) is 1.37. The summed E-state index contributed by atoms with van der Waals surface area (Å²) in [5, 5.41) is 3.32. The Morgan fingerprint density at radius 2 is 1.95 bits per heavy atom. The number of carbonyl (C=O) groups excluding carboxylic acids is 2. The predicted molar refractivity (Wildman–Crippen MR) is 77.9 cm³/mol. The summed E-state index contributed by atoms with van der Waals surface area (Å²) in [6.07, 6.45) is 3.57. The third-order valence-electron chi connectivity index (χ3n) is 4.02. The van der Waals surface area contributed by atoms with Gasteiger partial charge in [-0.15, -0.1) is 0 Å². The molecule has 1 N–H and O–H groups in total. The molecule has 2 bridgehead atoms. The van der Waals surface area contributed by atoms with Crippen molar-refractivity contribution >= 4 is 12.1 Å². The van der Waals surface area contributed by atoms with Crippen molar-refractivity contribution in [2.75, 3.05) is 13.7 Å². The lowest BCUT2D eigenvalue weighted by Crippen LogP contribution is -2.49. The van der Waals surface area contributed by atoms with E-state index in [9.17, 15) is 9.59 Å². The van der Waals surface area contributed by atoms with Gasteiger partial charge in [0.05, 0.1) is 13.7 Å². The van der Waals surface area contributed by atoms with Gasteiger partial charge in [0.1, 0.15) is 11.6 Å². The molecule has 0 radical (unpaired) electrons. The van der Waals surface area contributed by atoms with Crippen molar-refractivity contribution in [3.8, 4) is 0 Å². The molecule has 3 unspecified atom stereocenters. The van der Waals surface area contributed by atoms with Gasteiger partial charge in [0.2, 0.25) is 0 Å². The first-order chi connectivity index (χ1) is 9.80. The van der Waals surface area contributed by atoms with Gasteiger partial charge in [0, 0.05) is 12.1 Å². The largest absolute Gasteiger partial charge is 0.468 e. The maximum Gasteiger partial charge on any atom is 0.410 e. The number of esters is 1. The molecular weight excluding hydrogens is 272 g/mol. The molecule has 1 saturated heterocycles. The standard InChI is InChI=1S/C15H26N2O4/c1-15(2,3)21-14(19)17-9-12(13(18)20-4)16-10-6-5-7-11(17)8-10/h10-12,16H,5-9H2,1-4H3. The van der Waals surface area contributed by atoms with Crippen molar-refractivity contribution < 1.29 is 19.1 Å². The van der Waals surface area contributed by atoms with Crippen LogP contribution in [0.3, 0.4) is 0 Å². The summed E-state index contributed by atoms with van der Waals surface area (Å²) in [5.74, 6) is -0.323. The minimum atomic E-state index is -0.536. The first-order valence-electron chi connectivity index (χ1n) is 7.63. The van der Waals surface area contributed by atoms with Crippen molar-refractivity contribution in [2.24, 2.45) is 0 Å². The van der Waals surface area contributed by atoms with Crippen LogP contribution in [0.1, 0.15) is 46.5 Å². The van der Waals surface area contributed by atoms with Gasteiger partial charge >= 0.3 is 12.1 Å². The lowest BCUT2D eigenvalue weighted by molar-refractivity contribution is -0.143. The number of hydrogen-bond donors (Lipinski definition) is 1. The number of nitrogens with zero attached hydrogens (tertiary/aromatic N) is 1. The first kappa shape index (κ1) is 16.1. The lowest BCUT2D eigenvalue weighted by atomic mass is 9.91. The molecule has 1 heterocycles. The molecule has 0 aromatic rings. The van der Waals surface area contributed by atoms with Gasteiger partial charge < -0.3 is 19.7 Å². The van der Waals surface area contributed by atoms with Crippen LogP contribution in [0, 0.1) is 0 Å². The molecule has 21 heavy (non-hydrogen) atoms. The molecule has 120 valence electrons. The van der Waals surface area contributed by atoms with Crippen molar-refractivity contribution in [3.63, 3.8) is 0 Å². The fourth-order valence-electron chi connectivity index (χ4n) is 3.11. The summed E-state index contributed by atoms with van der Waals surface area (Å²) >= 11 is 0. The second kappa shape index (κ2) is 6.22. The van der Waals surface area contributed by atoms with Crippen LogP contribution in [0.5, 0.6) is 0 Å². The SMILES string of the molecule is COC(=O)C1CN(C(=O)OC(C)(C)C)C2CCCC(C2)N1. The van der Waals surface area contributed by atoms with Crippen molar-refractivity contribution in [3.05, 3.63) is 0 Å². The topological polar surface area (TPSA) is 67.9 Å². The predicted octanol–water partition coefficient (Wildman–Crippen LogP) is 1.68. The number of carbonyl (C=O) groups is 2. The molecule has 6 heteroatoms. The molecule has 1 saturated carbocycles. The first-order valence-corrected chi connectivity index (χ1v) is 7.63. The number of methoxy groups -OCH3 is 1. The monoisotopic (exact) mass is 298 g/mol. The Labute approximate surface area is 126 Å². The second-order valence-corrected chi connectivity index (χ2v) is 6.89.